The van der Waals surface area contributed by atoms with Gasteiger partial charge in [0.05, 0.1) is 24.0 Å². The fourth-order valence-corrected chi connectivity index (χ4v) is 2.65. The average Bonchev–Trinajstić information content (AvgIpc) is 3.04. The third-order valence-corrected chi connectivity index (χ3v) is 4.19. The van der Waals surface area contributed by atoms with Gasteiger partial charge in [0, 0.05) is 7.05 Å². The maximum atomic E-state index is 14.0. The van der Waals surface area contributed by atoms with E-state index in [0.717, 1.165) is 0 Å². The Kier molecular flexibility index (Phi) is 5.49. The summed E-state index contributed by atoms with van der Waals surface area (Å²) in [7, 11) is 1.62. The Morgan fingerprint density at radius 2 is 1.78 bits per heavy atom. The molecular weight excluding hydrogens is 352 g/mol. The first-order valence-corrected chi connectivity index (χ1v) is 8.41. The number of amides is 1. The number of nitrogens with zero attached hydrogens (tertiary/aromatic N) is 3. The Bertz CT molecular complexity index is 956. The molecule has 0 aliphatic rings. The van der Waals surface area contributed by atoms with Crippen LogP contribution in [0.4, 0.5) is 8.78 Å². The number of hydrogen-bond donors (Lipinski definition) is 0. The quantitative estimate of drug-likeness (QED) is 0.665. The first-order valence-electron chi connectivity index (χ1n) is 8.41. The minimum absolute atomic E-state index is 0.141. The molecule has 0 unspecified atom stereocenters. The van der Waals surface area contributed by atoms with E-state index in [-0.39, 0.29) is 30.5 Å². The largest absolute Gasteiger partial charge is 0.489 e. The van der Waals surface area contributed by atoms with Gasteiger partial charge in [-0.2, -0.15) is 5.10 Å². The summed E-state index contributed by atoms with van der Waals surface area (Å²) in [6, 6.07) is 12.3. The van der Waals surface area contributed by atoms with Gasteiger partial charge in [-0.05, 0) is 31.2 Å². The number of carbonyl (C=O) groups excluding carboxylic acids is 1. The number of carbonyl (C=O) groups is 1. The zero-order valence-corrected chi connectivity index (χ0v) is 15.0. The molecule has 27 heavy (non-hydrogen) atoms. The lowest BCUT2D eigenvalue weighted by atomic mass is 10.2. The number of halogens is 2. The van der Waals surface area contributed by atoms with Gasteiger partial charge in [-0.3, -0.25) is 4.79 Å². The van der Waals surface area contributed by atoms with Gasteiger partial charge in [0.2, 0.25) is 0 Å². The summed E-state index contributed by atoms with van der Waals surface area (Å²) >= 11 is 0. The predicted molar refractivity (Wildman–Crippen MR) is 97.1 cm³/mol. The molecule has 0 aliphatic carbocycles. The van der Waals surface area contributed by atoms with Crippen LogP contribution in [0.15, 0.2) is 54.7 Å². The zero-order valence-electron chi connectivity index (χ0n) is 15.0. The average molecular weight is 371 g/mol. The van der Waals surface area contributed by atoms with E-state index in [1.54, 1.807) is 44.3 Å². The van der Waals surface area contributed by atoms with Crippen molar-refractivity contribution in [3.8, 4) is 11.4 Å². The van der Waals surface area contributed by atoms with Crippen LogP contribution in [-0.4, -0.2) is 40.8 Å². The van der Waals surface area contributed by atoms with E-state index in [4.69, 9.17) is 4.74 Å². The van der Waals surface area contributed by atoms with Crippen molar-refractivity contribution in [3.63, 3.8) is 0 Å². The van der Waals surface area contributed by atoms with Crippen LogP contribution in [-0.2, 0) is 0 Å². The number of likely N-dealkylation sites (N-methyl/N-ethyl adjacent to an activating group) is 1. The van der Waals surface area contributed by atoms with Crippen LogP contribution in [0.1, 0.15) is 16.1 Å². The van der Waals surface area contributed by atoms with Crippen molar-refractivity contribution in [1.29, 1.82) is 0 Å². The van der Waals surface area contributed by atoms with E-state index in [1.807, 2.05) is 0 Å². The molecule has 140 valence electrons. The van der Waals surface area contributed by atoms with Crippen LogP contribution in [0, 0.1) is 18.6 Å². The van der Waals surface area contributed by atoms with Gasteiger partial charge in [-0.15, -0.1) is 0 Å². The third kappa shape index (κ3) is 3.97. The lowest BCUT2D eigenvalue weighted by Crippen LogP contribution is -2.31. The molecule has 2 aromatic carbocycles. The van der Waals surface area contributed by atoms with Gasteiger partial charge in [0.15, 0.2) is 11.6 Å². The molecule has 1 amide bonds. The van der Waals surface area contributed by atoms with Crippen molar-refractivity contribution in [1.82, 2.24) is 14.7 Å². The molecule has 0 atom stereocenters. The highest BCUT2D eigenvalue weighted by atomic mass is 19.1. The summed E-state index contributed by atoms with van der Waals surface area (Å²) in [5, 5.41) is 4.14. The van der Waals surface area contributed by atoms with Crippen molar-refractivity contribution in [2.75, 3.05) is 20.2 Å². The molecule has 0 N–H and O–H groups in total. The molecule has 0 bridgehead atoms. The first-order chi connectivity index (χ1) is 13.0. The predicted octanol–water partition coefficient (Wildman–Crippen LogP) is 3.61. The van der Waals surface area contributed by atoms with Gasteiger partial charge in [0.25, 0.3) is 5.91 Å². The second-order valence-electron chi connectivity index (χ2n) is 6.01. The minimum Gasteiger partial charge on any atom is -0.489 e. The molecule has 5 nitrogen and oxygen atoms in total. The number of ether oxygens (including phenoxy) is 1. The van der Waals surface area contributed by atoms with Crippen LogP contribution in [0.3, 0.4) is 0 Å². The summed E-state index contributed by atoms with van der Waals surface area (Å²) < 4.78 is 34.3. The highest BCUT2D eigenvalue weighted by Gasteiger charge is 2.19. The van der Waals surface area contributed by atoms with E-state index in [9.17, 15) is 13.6 Å². The Morgan fingerprint density at radius 1 is 1.11 bits per heavy atom. The number of hydrogen-bond acceptors (Lipinski definition) is 3. The molecule has 0 saturated heterocycles. The number of benzene rings is 2. The number of para-hydroxylation sites is 2. The van der Waals surface area contributed by atoms with E-state index >= 15 is 0 Å². The smallest absolute Gasteiger partial charge is 0.257 e. The monoisotopic (exact) mass is 371 g/mol. The summed E-state index contributed by atoms with van der Waals surface area (Å²) in [5.74, 6) is -1.00. The molecular formula is C20H19F2N3O2. The molecule has 0 fully saturated rings. The second kappa shape index (κ2) is 7.99. The first kappa shape index (κ1) is 18.6. The van der Waals surface area contributed by atoms with Gasteiger partial charge >= 0.3 is 0 Å². The SMILES string of the molecule is Cc1c(C(=O)N(C)CCOc2ccccc2F)cnn1-c1ccccc1F. The van der Waals surface area contributed by atoms with Crippen LogP contribution < -0.4 is 4.74 Å². The molecule has 0 aliphatic heterocycles. The summed E-state index contributed by atoms with van der Waals surface area (Å²) in [6.07, 6.45) is 1.42. The van der Waals surface area contributed by atoms with Crippen molar-refractivity contribution >= 4 is 5.91 Å². The Labute approximate surface area is 155 Å². The van der Waals surface area contributed by atoms with Crippen molar-refractivity contribution in [3.05, 3.63) is 77.6 Å². The standard InChI is InChI=1S/C20H19F2N3O2/c1-14-15(13-23-25(14)18-9-5-3-7-16(18)21)20(26)24(2)11-12-27-19-10-6-4-8-17(19)22/h3-10,13H,11-12H2,1-2H3. The molecule has 3 aromatic rings. The van der Waals surface area contributed by atoms with Gasteiger partial charge < -0.3 is 9.64 Å². The normalized spacial score (nSPS) is 10.7. The maximum Gasteiger partial charge on any atom is 0.257 e. The number of aromatic nitrogens is 2. The Balaban J connectivity index is 1.67. The summed E-state index contributed by atoms with van der Waals surface area (Å²) in [4.78, 5) is 14.1. The second-order valence-corrected chi connectivity index (χ2v) is 6.01. The summed E-state index contributed by atoms with van der Waals surface area (Å²) in [6.45, 7) is 2.11. The third-order valence-electron chi connectivity index (χ3n) is 4.19. The van der Waals surface area contributed by atoms with Gasteiger partial charge in [-0.1, -0.05) is 24.3 Å². The highest BCUT2D eigenvalue weighted by Crippen LogP contribution is 2.18. The lowest BCUT2D eigenvalue weighted by molar-refractivity contribution is 0.0772. The number of rotatable bonds is 6. The van der Waals surface area contributed by atoms with Crippen molar-refractivity contribution in [2.24, 2.45) is 0 Å². The van der Waals surface area contributed by atoms with Crippen LogP contribution in [0.2, 0.25) is 0 Å². The topological polar surface area (TPSA) is 47.4 Å². The molecule has 7 heteroatoms. The molecule has 3 rings (SSSR count). The molecule has 1 aromatic heterocycles. The van der Waals surface area contributed by atoms with E-state index in [1.165, 1.54) is 34.0 Å². The fraction of sp³-hybridized carbons (Fsp3) is 0.200. The van der Waals surface area contributed by atoms with Gasteiger partial charge in [0.1, 0.15) is 18.1 Å². The molecule has 0 radical (unpaired) electrons. The lowest BCUT2D eigenvalue weighted by Gasteiger charge is -2.17. The fourth-order valence-electron chi connectivity index (χ4n) is 2.65. The molecule has 0 saturated carbocycles. The highest BCUT2D eigenvalue weighted by molar-refractivity contribution is 5.95. The van der Waals surface area contributed by atoms with Crippen LogP contribution in [0.5, 0.6) is 5.75 Å². The Hall–Kier alpha value is -3.22. The Morgan fingerprint density at radius 3 is 2.48 bits per heavy atom. The van der Waals surface area contributed by atoms with Crippen LogP contribution in [0.25, 0.3) is 5.69 Å². The van der Waals surface area contributed by atoms with E-state index < -0.39 is 11.6 Å². The maximum absolute atomic E-state index is 14.0. The van der Waals surface area contributed by atoms with E-state index in [0.29, 0.717) is 11.3 Å². The minimum atomic E-state index is -0.450. The summed E-state index contributed by atoms with van der Waals surface area (Å²) in [5.41, 5.74) is 1.18. The zero-order chi connectivity index (χ0) is 19.4. The van der Waals surface area contributed by atoms with E-state index in [2.05, 4.69) is 5.10 Å². The van der Waals surface area contributed by atoms with Crippen LogP contribution >= 0.6 is 0 Å². The van der Waals surface area contributed by atoms with Gasteiger partial charge in [-0.25, -0.2) is 13.5 Å². The molecule has 0 spiro atoms. The van der Waals surface area contributed by atoms with Crippen molar-refractivity contribution < 1.29 is 18.3 Å². The molecule has 1 heterocycles. The van der Waals surface area contributed by atoms with Crippen molar-refractivity contribution in [2.45, 2.75) is 6.92 Å².